The van der Waals surface area contributed by atoms with Crippen molar-refractivity contribution >= 4 is 23.3 Å². The van der Waals surface area contributed by atoms with Crippen LogP contribution in [0.2, 0.25) is 0 Å². The molecule has 0 aliphatic heterocycles. The molecule has 114 valence electrons. The van der Waals surface area contributed by atoms with Crippen molar-refractivity contribution in [2.24, 2.45) is 0 Å². The van der Waals surface area contributed by atoms with E-state index in [-0.39, 0.29) is 17.5 Å². The summed E-state index contributed by atoms with van der Waals surface area (Å²) in [6, 6.07) is 8.90. The summed E-state index contributed by atoms with van der Waals surface area (Å²) >= 11 is 0. The third kappa shape index (κ3) is 3.82. The van der Waals surface area contributed by atoms with Gasteiger partial charge in [-0.05, 0) is 50.2 Å². The summed E-state index contributed by atoms with van der Waals surface area (Å²) in [4.78, 5) is 35.0. The lowest BCUT2D eigenvalue weighted by atomic mass is 10.1. The van der Waals surface area contributed by atoms with Gasteiger partial charge in [-0.3, -0.25) is 14.4 Å². The molecule has 1 unspecified atom stereocenters. The molecule has 1 atom stereocenters. The highest BCUT2D eigenvalue weighted by Gasteiger charge is 2.18. The Bertz CT molecular complexity index is 675. The Kier molecular flexibility index (Phi) is 4.73. The molecular formula is C16H16N2O4. The van der Waals surface area contributed by atoms with Crippen molar-refractivity contribution in [3.05, 3.63) is 54.0 Å². The van der Waals surface area contributed by atoms with Crippen molar-refractivity contribution in [1.29, 1.82) is 0 Å². The lowest BCUT2D eigenvalue weighted by Crippen LogP contribution is -2.41. The summed E-state index contributed by atoms with van der Waals surface area (Å²) in [5.74, 6) is -0.725. The number of hydrogen-bond acceptors (Lipinski definition) is 4. The SMILES string of the molecule is CC(=O)c1ccc(NC(=O)C(C)NC(=O)c2ccco2)cc1. The monoisotopic (exact) mass is 300 g/mol. The summed E-state index contributed by atoms with van der Waals surface area (Å²) in [6.45, 7) is 3.04. The fourth-order valence-electron chi connectivity index (χ4n) is 1.78. The summed E-state index contributed by atoms with van der Waals surface area (Å²) in [7, 11) is 0. The number of ketones is 1. The zero-order chi connectivity index (χ0) is 16.1. The Hall–Kier alpha value is -2.89. The van der Waals surface area contributed by atoms with Crippen LogP contribution in [0.1, 0.15) is 34.8 Å². The largest absolute Gasteiger partial charge is 0.459 e. The third-order valence-corrected chi connectivity index (χ3v) is 3.04. The van der Waals surface area contributed by atoms with Gasteiger partial charge in [-0.15, -0.1) is 0 Å². The molecule has 0 saturated heterocycles. The average Bonchev–Trinajstić information content (AvgIpc) is 3.02. The second-order valence-corrected chi connectivity index (χ2v) is 4.80. The molecule has 0 fully saturated rings. The molecule has 0 spiro atoms. The normalized spacial score (nSPS) is 11.5. The van der Waals surface area contributed by atoms with E-state index in [0.29, 0.717) is 11.3 Å². The number of anilines is 1. The van der Waals surface area contributed by atoms with Gasteiger partial charge in [0.2, 0.25) is 5.91 Å². The molecule has 6 nitrogen and oxygen atoms in total. The van der Waals surface area contributed by atoms with E-state index in [9.17, 15) is 14.4 Å². The molecule has 0 bridgehead atoms. The van der Waals surface area contributed by atoms with Gasteiger partial charge in [0.15, 0.2) is 11.5 Å². The van der Waals surface area contributed by atoms with Crippen molar-refractivity contribution in [2.45, 2.75) is 19.9 Å². The van der Waals surface area contributed by atoms with Crippen LogP contribution in [-0.2, 0) is 4.79 Å². The number of amides is 2. The van der Waals surface area contributed by atoms with E-state index in [2.05, 4.69) is 10.6 Å². The Morgan fingerprint density at radius 1 is 1.09 bits per heavy atom. The van der Waals surface area contributed by atoms with Crippen LogP contribution in [-0.4, -0.2) is 23.6 Å². The summed E-state index contributed by atoms with van der Waals surface area (Å²) < 4.78 is 4.95. The van der Waals surface area contributed by atoms with Crippen LogP contribution in [0.15, 0.2) is 47.1 Å². The Labute approximate surface area is 127 Å². The minimum absolute atomic E-state index is 0.0445. The van der Waals surface area contributed by atoms with Gasteiger partial charge >= 0.3 is 0 Å². The number of hydrogen-bond donors (Lipinski definition) is 2. The van der Waals surface area contributed by atoms with Crippen molar-refractivity contribution in [1.82, 2.24) is 5.32 Å². The van der Waals surface area contributed by atoms with Gasteiger partial charge in [0, 0.05) is 11.3 Å². The Morgan fingerprint density at radius 2 is 1.77 bits per heavy atom. The first-order valence-corrected chi connectivity index (χ1v) is 6.73. The summed E-state index contributed by atoms with van der Waals surface area (Å²) in [6.07, 6.45) is 1.39. The molecule has 22 heavy (non-hydrogen) atoms. The predicted molar refractivity (Wildman–Crippen MR) is 80.7 cm³/mol. The second kappa shape index (κ2) is 6.71. The van der Waals surface area contributed by atoms with E-state index >= 15 is 0 Å². The number of furan rings is 1. The lowest BCUT2D eigenvalue weighted by Gasteiger charge is -2.13. The fourth-order valence-corrected chi connectivity index (χ4v) is 1.78. The topological polar surface area (TPSA) is 88.4 Å². The molecule has 0 aliphatic carbocycles. The molecule has 0 aliphatic rings. The van der Waals surface area contributed by atoms with E-state index < -0.39 is 11.9 Å². The van der Waals surface area contributed by atoms with Crippen LogP contribution < -0.4 is 10.6 Å². The highest BCUT2D eigenvalue weighted by Crippen LogP contribution is 2.10. The molecule has 2 aromatic rings. The zero-order valence-corrected chi connectivity index (χ0v) is 12.3. The molecular weight excluding hydrogens is 284 g/mol. The summed E-state index contributed by atoms with van der Waals surface area (Å²) in [5, 5.41) is 5.20. The lowest BCUT2D eigenvalue weighted by molar-refractivity contribution is -0.117. The van der Waals surface area contributed by atoms with Crippen molar-refractivity contribution in [3.8, 4) is 0 Å². The van der Waals surface area contributed by atoms with Gasteiger partial charge in [0.1, 0.15) is 6.04 Å². The molecule has 2 rings (SSSR count). The predicted octanol–water partition coefficient (Wildman–Crippen LogP) is 2.24. The average molecular weight is 300 g/mol. The van der Waals surface area contributed by atoms with E-state index in [1.165, 1.54) is 19.3 Å². The van der Waals surface area contributed by atoms with Gasteiger partial charge in [0.25, 0.3) is 5.91 Å². The van der Waals surface area contributed by atoms with Gasteiger partial charge in [0.05, 0.1) is 6.26 Å². The number of rotatable bonds is 5. The molecule has 2 amide bonds. The molecule has 1 aromatic carbocycles. The zero-order valence-electron chi connectivity index (χ0n) is 12.3. The number of benzene rings is 1. The maximum absolute atomic E-state index is 12.0. The van der Waals surface area contributed by atoms with Crippen LogP contribution in [0.4, 0.5) is 5.69 Å². The first-order chi connectivity index (χ1) is 10.5. The molecule has 0 radical (unpaired) electrons. The van der Waals surface area contributed by atoms with Gasteiger partial charge in [-0.1, -0.05) is 0 Å². The fraction of sp³-hybridized carbons (Fsp3) is 0.188. The van der Waals surface area contributed by atoms with Crippen LogP contribution >= 0.6 is 0 Å². The Morgan fingerprint density at radius 3 is 2.32 bits per heavy atom. The molecule has 0 saturated carbocycles. The summed E-state index contributed by atoms with van der Waals surface area (Å²) in [5.41, 5.74) is 1.12. The minimum atomic E-state index is -0.731. The van der Waals surface area contributed by atoms with Crippen molar-refractivity contribution in [3.63, 3.8) is 0 Å². The van der Waals surface area contributed by atoms with E-state index in [4.69, 9.17) is 4.42 Å². The second-order valence-electron chi connectivity index (χ2n) is 4.80. The van der Waals surface area contributed by atoms with E-state index in [1.54, 1.807) is 37.3 Å². The molecule has 6 heteroatoms. The Balaban J connectivity index is 1.93. The highest BCUT2D eigenvalue weighted by molar-refractivity contribution is 6.00. The van der Waals surface area contributed by atoms with Crippen LogP contribution in [0.3, 0.4) is 0 Å². The third-order valence-electron chi connectivity index (χ3n) is 3.04. The smallest absolute Gasteiger partial charge is 0.287 e. The highest BCUT2D eigenvalue weighted by atomic mass is 16.3. The molecule has 1 aromatic heterocycles. The van der Waals surface area contributed by atoms with Gasteiger partial charge in [-0.2, -0.15) is 0 Å². The first-order valence-electron chi connectivity index (χ1n) is 6.73. The van der Waals surface area contributed by atoms with Crippen LogP contribution in [0.5, 0.6) is 0 Å². The van der Waals surface area contributed by atoms with Gasteiger partial charge in [-0.25, -0.2) is 0 Å². The number of nitrogens with one attached hydrogen (secondary N) is 2. The number of carbonyl (C=O) groups excluding carboxylic acids is 3. The van der Waals surface area contributed by atoms with Gasteiger partial charge < -0.3 is 15.1 Å². The van der Waals surface area contributed by atoms with E-state index in [1.807, 2.05) is 0 Å². The quantitative estimate of drug-likeness (QED) is 0.829. The standard InChI is InChI=1S/C16H16N2O4/c1-10(17-16(21)14-4-3-9-22-14)15(20)18-13-7-5-12(6-8-13)11(2)19/h3-10H,1-2H3,(H,17,21)(H,18,20). The van der Waals surface area contributed by atoms with Crippen molar-refractivity contribution in [2.75, 3.05) is 5.32 Å². The van der Waals surface area contributed by atoms with E-state index in [0.717, 1.165) is 0 Å². The maximum Gasteiger partial charge on any atom is 0.287 e. The van der Waals surface area contributed by atoms with Crippen LogP contribution in [0, 0.1) is 0 Å². The van der Waals surface area contributed by atoms with Crippen molar-refractivity contribution < 1.29 is 18.8 Å². The molecule has 1 heterocycles. The number of Topliss-reactive ketones (excluding diaryl/α,β-unsaturated/α-hetero) is 1. The maximum atomic E-state index is 12.0. The minimum Gasteiger partial charge on any atom is -0.459 e. The first kappa shape index (κ1) is 15.5. The molecule has 2 N–H and O–H groups in total. The van der Waals surface area contributed by atoms with Crippen LogP contribution in [0.25, 0.3) is 0 Å². The number of carbonyl (C=O) groups is 3.